The highest BCUT2D eigenvalue weighted by molar-refractivity contribution is 5.94. The summed E-state index contributed by atoms with van der Waals surface area (Å²) in [4.78, 5) is 25.1. The van der Waals surface area contributed by atoms with Gasteiger partial charge in [-0.25, -0.2) is 4.79 Å². The van der Waals surface area contributed by atoms with Gasteiger partial charge in [-0.2, -0.15) is 5.10 Å². The number of carbonyl (C=O) groups excluding carboxylic acids is 2. The zero-order valence-corrected chi connectivity index (χ0v) is 18.4. The summed E-state index contributed by atoms with van der Waals surface area (Å²) in [6.45, 7) is 7.08. The lowest BCUT2D eigenvalue weighted by Gasteiger charge is -2.36. The van der Waals surface area contributed by atoms with E-state index in [2.05, 4.69) is 5.32 Å². The van der Waals surface area contributed by atoms with Crippen molar-refractivity contribution in [2.24, 2.45) is 5.41 Å². The summed E-state index contributed by atoms with van der Waals surface area (Å²) in [7, 11) is 0. The lowest BCUT2D eigenvalue weighted by Crippen LogP contribution is -2.40. The number of fused-ring (bicyclic) bond motifs is 1. The van der Waals surface area contributed by atoms with Crippen LogP contribution < -0.4 is 5.32 Å². The van der Waals surface area contributed by atoms with Crippen LogP contribution in [0.2, 0.25) is 0 Å². The zero-order chi connectivity index (χ0) is 21.8. The molecular formula is C24H31N3O4. The summed E-state index contributed by atoms with van der Waals surface area (Å²) in [5.41, 5.74) is 4.34. The van der Waals surface area contributed by atoms with Crippen LogP contribution >= 0.6 is 0 Å². The molecule has 7 nitrogen and oxygen atoms in total. The van der Waals surface area contributed by atoms with Gasteiger partial charge in [-0.3, -0.25) is 9.48 Å². The summed E-state index contributed by atoms with van der Waals surface area (Å²) >= 11 is 0. The van der Waals surface area contributed by atoms with Gasteiger partial charge in [-0.05, 0) is 63.5 Å². The number of aryl methyl sites for hydroxylation is 3. The number of amides is 1. The van der Waals surface area contributed by atoms with Crippen LogP contribution in [0.25, 0.3) is 0 Å². The second kappa shape index (κ2) is 9.22. The quantitative estimate of drug-likeness (QED) is 0.568. The number of esters is 1. The molecule has 1 spiro atoms. The van der Waals surface area contributed by atoms with E-state index in [1.54, 1.807) is 6.07 Å². The van der Waals surface area contributed by atoms with Crippen molar-refractivity contribution in [2.75, 3.05) is 26.4 Å². The first-order valence-electron chi connectivity index (χ1n) is 11.2. The minimum absolute atomic E-state index is 0.0349. The third kappa shape index (κ3) is 4.66. The van der Waals surface area contributed by atoms with Gasteiger partial charge in [0.05, 0.1) is 17.9 Å². The van der Waals surface area contributed by atoms with Crippen molar-refractivity contribution < 1.29 is 19.1 Å². The summed E-state index contributed by atoms with van der Waals surface area (Å²) in [6, 6.07) is 7.41. The number of aromatic nitrogens is 2. The van der Waals surface area contributed by atoms with Crippen LogP contribution in [-0.4, -0.2) is 48.0 Å². The topological polar surface area (TPSA) is 82.5 Å². The first-order valence-corrected chi connectivity index (χ1v) is 11.2. The Balaban J connectivity index is 1.45. The Labute approximate surface area is 183 Å². The first kappa shape index (κ1) is 21.6. The van der Waals surface area contributed by atoms with Gasteiger partial charge in [0.25, 0.3) is 5.91 Å². The van der Waals surface area contributed by atoms with E-state index in [9.17, 15) is 9.59 Å². The molecule has 166 valence electrons. The van der Waals surface area contributed by atoms with Crippen molar-refractivity contribution in [1.82, 2.24) is 15.1 Å². The Morgan fingerprint density at radius 3 is 2.87 bits per heavy atom. The molecule has 0 radical (unpaired) electrons. The zero-order valence-electron chi connectivity index (χ0n) is 18.4. The maximum absolute atomic E-state index is 12.9. The van der Waals surface area contributed by atoms with E-state index in [4.69, 9.17) is 14.6 Å². The smallest absolute Gasteiger partial charge is 0.338 e. The van der Waals surface area contributed by atoms with Crippen molar-refractivity contribution in [3.8, 4) is 0 Å². The van der Waals surface area contributed by atoms with Crippen LogP contribution in [0.15, 0.2) is 24.3 Å². The third-order valence-electron chi connectivity index (χ3n) is 6.42. The molecule has 1 fully saturated rings. The largest absolute Gasteiger partial charge is 0.462 e. The lowest BCUT2D eigenvalue weighted by molar-refractivity contribution is 0.0160. The molecule has 2 aromatic rings. The molecule has 7 heteroatoms. The van der Waals surface area contributed by atoms with Gasteiger partial charge < -0.3 is 14.8 Å². The van der Waals surface area contributed by atoms with Crippen LogP contribution in [0, 0.1) is 12.3 Å². The number of hydrogen-bond donors (Lipinski definition) is 1. The van der Waals surface area contributed by atoms with Crippen LogP contribution in [-0.2, 0) is 28.9 Å². The fourth-order valence-corrected chi connectivity index (χ4v) is 4.63. The van der Waals surface area contributed by atoms with Crippen molar-refractivity contribution >= 4 is 11.9 Å². The van der Waals surface area contributed by atoms with Gasteiger partial charge in [-0.1, -0.05) is 17.7 Å². The van der Waals surface area contributed by atoms with E-state index in [0.717, 1.165) is 49.3 Å². The molecule has 1 saturated heterocycles. The highest BCUT2D eigenvalue weighted by Gasteiger charge is 2.39. The monoisotopic (exact) mass is 425 g/mol. The molecular weight excluding hydrogens is 394 g/mol. The number of rotatable bonds is 6. The summed E-state index contributed by atoms with van der Waals surface area (Å²) < 4.78 is 12.9. The van der Waals surface area contributed by atoms with Crippen LogP contribution in [0.3, 0.4) is 0 Å². The van der Waals surface area contributed by atoms with Gasteiger partial charge in [-0.15, -0.1) is 0 Å². The number of nitrogens with one attached hydrogen (secondary N) is 1. The predicted molar refractivity (Wildman–Crippen MR) is 116 cm³/mol. The SMILES string of the molecule is CCn1nc(CCCOC(=O)c2cccc(C)c2)c2c1C(=O)NCC1(CCOCC1)C2. The van der Waals surface area contributed by atoms with Crippen LogP contribution in [0.5, 0.6) is 0 Å². The molecule has 0 atom stereocenters. The molecule has 1 aromatic heterocycles. The molecule has 1 N–H and O–H groups in total. The highest BCUT2D eigenvalue weighted by Crippen LogP contribution is 2.37. The molecule has 1 aromatic carbocycles. The van der Waals surface area contributed by atoms with E-state index in [1.807, 2.05) is 36.7 Å². The van der Waals surface area contributed by atoms with Gasteiger partial charge in [0.15, 0.2) is 0 Å². The van der Waals surface area contributed by atoms with Gasteiger partial charge in [0, 0.05) is 31.9 Å². The third-order valence-corrected chi connectivity index (χ3v) is 6.42. The molecule has 3 heterocycles. The second-order valence-corrected chi connectivity index (χ2v) is 8.67. The highest BCUT2D eigenvalue weighted by atomic mass is 16.5. The van der Waals surface area contributed by atoms with Crippen LogP contribution in [0.1, 0.15) is 63.9 Å². The Morgan fingerprint density at radius 1 is 1.32 bits per heavy atom. The number of carbonyl (C=O) groups is 2. The minimum atomic E-state index is -0.304. The normalized spacial score (nSPS) is 17.7. The van der Waals surface area contributed by atoms with E-state index >= 15 is 0 Å². The summed E-state index contributed by atoms with van der Waals surface area (Å²) in [6.07, 6.45) is 4.07. The molecule has 2 aliphatic rings. The average Bonchev–Trinajstić information content (AvgIpc) is 3.05. The van der Waals surface area contributed by atoms with Crippen molar-refractivity contribution in [1.29, 1.82) is 0 Å². The Kier molecular flexibility index (Phi) is 6.41. The maximum atomic E-state index is 12.9. The lowest BCUT2D eigenvalue weighted by atomic mass is 9.75. The van der Waals surface area contributed by atoms with Gasteiger partial charge in [0.2, 0.25) is 0 Å². The second-order valence-electron chi connectivity index (χ2n) is 8.67. The average molecular weight is 426 g/mol. The van der Waals surface area contributed by atoms with Gasteiger partial charge in [0.1, 0.15) is 5.69 Å². The fraction of sp³-hybridized carbons (Fsp3) is 0.542. The van der Waals surface area contributed by atoms with E-state index in [-0.39, 0.29) is 17.3 Å². The number of ether oxygens (including phenoxy) is 2. The summed E-state index contributed by atoms with van der Waals surface area (Å²) in [5.74, 6) is -0.341. The van der Waals surface area contributed by atoms with Gasteiger partial charge >= 0.3 is 5.97 Å². The number of benzene rings is 1. The molecule has 0 saturated carbocycles. The molecule has 0 aliphatic carbocycles. The minimum Gasteiger partial charge on any atom is -0.462 e. The number of hydrogen-bond acceptors (Lipinski definition) is 5. The first-order chi connectivity index (χ1) is 15.0. The standard InChI is InChI=1S/C24H31N3O4/c1-3-27-21-19(15-24(16-25-22(21)28)9-12-30-13-10-24)20(26-27)8-5-11-31-23(29)18-7-4-6-17(2)14-18/h4,6-7,14H,3,5,8-13,15-16H2,1-2H3,(H,25,28). The predicted octanol–water partition coefficient (Wildman–Crippen LogP) is 3.08. The Hall–Kier alpha value is -2.67. The van der Waals surface area contributed by atoms with Crippen molar-refractivity contribution in [2.45, 2.75) is 52.5 Å². The Bertz CT molecular complexity index is 960. The van der Waals surface area contributed by atoms with Crippen molar-refractivity contribution in [3.05, 3.63) is 52.3 Å². The fourth-order valence-electron chi connectivity index (χ4n) is 4.63. The Morgan fingerprint density at radius 2 is 2.13 bits per heavy atom. The molecule has 4 rings (SSSR count). The molecule has 2 aliphatic heterocycles. The molecule has 0 bridgehead atoms. The maximum Gasteiger partial charge on any atom is 0.338 e. The van der Waals surface area contributed by atoms with E-state index in [0.29, 0.717) is 43.8 Å². The van der Waals surface area contributed by atoms with Crippen molar-refractivity contribution in [3.63, 3.8) is 0 Å². The molecule has 1 amide bonds. The van der Waals surface area contributed by atoms with Crippen LogP contribution in [0.4, 0.5) is 0 Å². The molecule has 31 heavy (non-hydrogen) atoms. The summed E-state index contributed by atoms with van der Waals surface area (Å²) in [5, 5.41) is 7.88. The number of nitrogens with zero attached hydrogens (tertiary/aromatic N) is 2. The van der Waals surface area contributed by atoms with E-state index < -0.39 is 0 Å². The molecule has 0 unspecified atom stereocenters. The van der Waals surface area contributed by atoms with E-state index in [1.165, 1.54) is 0 Å².